The first-order chi connectivity index (χ1) is 0. The molecule has 0 saturated carbocycles. The van der Waals surface area contributed by atoms with Gasteiger partial charge in [0, 0.05) is 17.1 Å². The van der Waals surface area contributed by atoms with E-state index in [9.17, 15) is 0 Å². The van der Waals surface area contributed by atoms with E-state index in [-0.39, 0.29) is 65.3 Å². The van der Waals surface area contributed by atoms with Crippen LogP contribution in [0.25, 0.3) is 0 Å². The molecule has 0 nitrogen and oxygen atoms in total. The molecule has 0 unspecified atom stereocenters. The van der Waals surface area contributed by atoms with Gasteiger partial charge < -0.3 is 0 Å². The molecule has 26 valence electrons. The molecule has 0 amide bonds. The van der Waals surface area contributed by atoms with E-state index in [0.29, 0.717) is 0 Å². The third-order valence-corrected chi connectivity index (χ3v) is 0. The topological polar surface area (TPSA) is 0 Å². The molecule has 0 atom stereocenters. The van der Waals surface area contributed by atoms with Crippen molar-refractivity contribution in [1.82, 2.24) is 0 Å². The van der Waals surface area contributed by atoms with E-state index in [1.165, 1.54) is 0 Å². The van der Waals surface area contributed by atoms with Gasteiger partial charge in [-0.05, 0) is 0 Å². The molecule has 0 aliphatic heterocycles. The summed E-state index contributed by atoms with van der Waals surface area (Å²) in [5, 5.41) is 0. The van der Waals surface area contributed by atoms with Crippen LogP contribution >= 0.6 is 29.4 Å². The van der Waals surface area contributed by atoms with E-state index in [2.05, 4.69) is 0 Å². The standard InChI is InChI=1S/BrH.ClH.Fe.Li.H/h2*1H;;;. The van der Waals surface area contributed by atoms with Gasteiger partial charge in [0.25, 0.3) is 0 Å². The van der Waals surface area contributed by atoms with Crippen molar-refractivity contribution in [1.29, 1.82) is 0 Å². The van der Waals surface area contributed by atoms with Crippen molar-refractivity contribution in [2.24, 2.45) is 0 Å². The molecule has 0 saturated heterocycles. The van der Waals surface area contributed by atoms with Crippen LogP contribution in [0.2, 0.25) is 0 Å². The number of halogens is 2. The van der Waals surface area contributed by atoms with Gasteiger partial charge in [-0.2, -0.15) is 0 Å². The SMILES string of the molecule is Br.Cl.[Fe].[LiH]. The molecule has 0 aliphatic rings. The zero-order valence-corrected chi connectivity index (χ0v) is 4.80. The maximum absolute atomic E-state index is 0. The summed E-state index contributed by atoms with van der Waals surface area (Å²) in [5.41, 5.74) is 0. The quantitative estimate of drug-likeness (QED) is 0.473. The van der Waals surface area contributed by atoms with Gasteiger partial charge in [-0.25, -0.2) is 0 Å². The predicted molar refractivity (Wildman–Crippen MR) is 24.7 cm³/mol. The van der Waals surface area contributed by atoms with Gasteiger partial charge in [0.2, 0.25) is 0 Å². The Bertz CT molecular complexity index is 8.00. The van der Waals surface area contributed by atoms with E-state index in [4.69, 9.17) is 0 Å². The van der Waals surface area contributed by atoms with E-state index >= 15 is 0 Å². The monoisotopic (exact) mass is 180 g/mol. The minimum absolute atomic E-state index is 0. The van der Waals surface area contributed by atoms with Crippen molar-refractivity contribution < 1.29 is 17.1 Å². The van der Waals surface area contributed by atoms with Gasteiger partial charge >= 0.3 is 18.9 Å². The first-order valence-electron chi connectivity index (χ1n) is 0. The Labute approximate surface area is 64.9 Å². The summed E-state index contributed by atoms with van der Waals surface area (Å²) in [6.45, 7) is 0. The Morgan fingerprint density at radius 2 is 1.00 bits per heavy atom. The van der Waals surface area contributed by atoms with Crippen LogP contribution in [0.5, 0.6) is 0 Å². The molecule has 0 aromatic carbocycles. The summed E-state index contributed by atoms with van der Waals surface area (Å²) in [6, 6.07) is 0. The van der Waals surface area contributed by atoms with Crippen molar-refractivity contribution in [2.45, 2.75) is 0 Å². The number of rotatable bonds is 0. The fourth-order valence-electron chi connectivity index (χ4n) is 0. The first kappa shape index (κ1) is 39.5. The third-order valence-electron chi connectivity index (χ3n) is 0. The van der Waals surface area contributed by atoms with Gasteiger partial charge in [0.15, 0.2) is 0 Å². The van der Waals surface area contributed by atoms with Gasteiger partial charge in [0.1, 0.15) is 0 Å². The van der Waals surface area contributed by atoms with Gasteiger partial charge in [-0.15, -0.1) is 29.4 Å². The molecule has 0 rings (SSSR count). The summed E-state index contributed by atoms with van der Waals surface area (Å²) in [6.07, 6.45) is 0. The average Bonchev–Trinajstić information content (AvgIpc) is 0. The molecule has 0 aromatic heterocycles. The molecule has 0 spiro atoms. The minimum atomic E-state index is 0. The fourth-order valence-corrected chi connectivity index (χ4v) is 0. The zero-order valence-electron chi connectivity index (χ0n) is 1.17. The molecular formula is H3BrClFeLi. The van der Waals surface area contributed by atoms with Crippen molar-refractivity contribution in [3.05, 3.63) is 0 Å². The molecular weight excluding hydrogens is 178 g/mol. The fraction of sp³-hybridized carbons (Fsp3) is 0. The normalized spacial score (nSPS) is 0. The van der Waals surface area contributed by atoms with Crippen LogP contribution in [0, 0.1) is 0 Å². The predicted octanol–water partition coefficient (Wildman–Crippen LogP) is 0.349. The van der Waals surface area contributed by atoms with Crippen LogP contribution in [0.1, 0.15) is 0 Å². The summed E-state index contributed by atoms with van der Waals surface area (Å²) < 4.78 is 0. The van der Waals surface area contributed by atoms with E-state index in [1.54, 1.807) is 0 Å². The second-order valence-corrected chi connectivity index (χ2v) is 0. The molecule has 0 aromatic rings. The first-order valence-corrected chi connectivity index (χ1v) is 0. The Kier molecular flexibility index (Phi) is 205. The summed E-state index contributed by atoms with van der Waals surface area (Å²) in [7, 11) is 0. The van der Waals surface area contributed by atoms with Gasteiger partial charge in [-0.1, -0.05) is 0 Å². The van der Waals surface area contributed by atoms with Gasteiger partial charge in [-0.3, -0.25) is 0 Å². The van der Waals surface area contributed by atoms with Crippen LogP contribution in [-0.4, -0.2) is 18.9 Å². The molecule has 4 heteroatoms. The van der Waals surface area contributed by atoms with Crippen LogP contribution in [0.3, 0.4) is 0 Å². The number of hydrogen-bond acceptors (Lipinski definition) is 0. The summed E-state index contributed by atoms with van der Waals surface area (Å²) in [4.78, 5) is 0. The van der Waals surface area contributed by atoms with Crippen molar-refractivity contribution in [3.63, 3.8) is 0 Å². The van der Waals surface area contributed by atoms with Crippen molar-refractivity contribution >= 4 is 48.2 Å². The Hall–Kier alpha value is 1.89. The molecule has 0 heterocycles. The van der Waals surface area contributed by atoms with Crippen LogP contribution < -0.4 is 0 Å². The Morgan fingerprint density at radius 3 is 1.00 bits per heavy atom. The molecule has 0 radical (unpaired) electrons. The Balaban J connectivity index is 0. The average molecular weight is 181 g/mol. The second-order valence-electron chi connectivity index (χ2n) is 0. The second kappa shape index (κ2) is 20.7. The van der Waals surface area contributed by atoms with Crippen molar-refractivity contribution in [2.75, 3.05) is 0 Å². The maximum atomic E-state index is 0. The third kappa shape index (κ3) is 9.10. The zero-order chi connectivity index (χ0) is 0. The van der Waals surface area contributed by atoms with E-state index < -0.39 is 0 Å². The van der Waals surface area contributed by atoms with Gasteiger partial charge in [0.05, 0.1) is 0 Å². The molecule has 4 heavy (non-hydrogen) atoms. The Morgan fingerprint density at radius 1 is 1.00 bits per heavy atom. The van der Waals surface area contributed by atoms with E-state index in [1.807, 2.05) is 0 Å². The van der Waals surface area contributed by atoms with Crippen LogP contribution in [0.4, 0.5) is 0 Å². The van der Waals surface area contributed by atoms with E-state index in [0.717, 1.165) is 0 Å². The number of hydrogen-bond donors (Lipinski definition) is 0. The van der Waals surface area contributed by atoms with Crippen LogP contribution in [-0.2, 0) is 17.1 Å². The summed E-state index contributed by atoms with van der Waals surface area (Å²) in [5.74, 6) is 0. The molecule has 0 fully saturated rings. The molecule has 0 N–H and O–H groups in total. The van der Waals surface area contributed by atoms with Crippen molar-refractivity contribution in [3.8, 4) is 0 Å². The molecule has 0 aliphatic carbocycles. The van der Waals surface area contributed by atoms with Crippen LogP contribution in [0.15, 0.2) is 0 Å². The summed E-state index contributed by atoms with van der Waals surface area (Å²) >= 11 is 0. The molecule has 0 bridgehead atoms.